The van der Waals surface area contributed by atoms with E-state index in [0.717, 1.165) is 31.6 Å². The van der Waals surface area contributed by atoms with Gasteiger partial charge in [-0.2, -0.15) is 0 Å². The lowest BCUT2D eigenvalue weighted by molar-refractivity contribution is -0.139. The second-order valence-corrected chi connectivity index (χ2v) is 7.28. The monoisotopic (exact) mass is 344 g/mol. The Kier molecular flexibility index (Phi) is 5.56. The summed E-state index contributed by atoms with van der Waals surface area (Å²) in [6, 6.07) is 3.49. The predicted molar refractivity (Wildman–Crippen MR) is 98.5 cm³/mol. The Morgan fingerprint density at radius 3 is 2.52 bits per heavy atom. The Hall–Kier alpha value is -2.11. The van der Waals surface area contributed by atoms with Crippen molar-refractivity contribution in [2.24, 2.45) is 5.92 Å². The van der Waals surface area contributed by atoms with Crippen LogP contribution < -0.4 is 10.2 Å². The summed E-state index contributed by atoms with van der Waals surface area (Å²) in [6.45, 7) is 6.55. The number of nitrogens with zero attached hydrogens (tertiary/aromatic N) is 3. The van der Waals surface area contributed by atoms with Crippen LogP contribution in [0.3, 0.4) is 0 Å². The molecule has 1 atom stereocenters. The van der Waals surface area contributed by atoms with Crippen LogP contribution >= 0.6 is 0 Å². The molecular weight excluding hydrogens is 316 g/mol. The molecule has 2 aliphatic heterocycles. The molecule has 25 heavy (non-hydrogen) atoms. The minimum atomic E-state index is -0.376. The quantitative estimate of drug-likeness (QED) is 0.912. The maximum atomic E-state index is 12.6. The standard InChI is InChI=1S/C19H28N4O2/c1-14(2)19(25)23-12-6-7-16(23)18(24)21-17-9-8-15(13-20-17)22-10-4-3-5-11-22/h8-9,13-14,16H,3-7,10-12H2,1-2H3,(H,20,21,24). The van der Waals surface area contributed by atoms with Gasteiger partial charge in [-0.1, -0.05) is 13.8 Å². The fourth-order valence-corrected chi connectivity index (χ4v) is 3.64. The number of amides is 2. The number of anilines is 2. The van der Waals surface area contributed by atoms with Crippen LogP contribution in [0.15, 0.2) is 18.3 Å². The molecule has 0 radical (unpaired) electrons. The molecule has 0 bridgehead atoms. The molecule has 0 saturated carbocycles. The van der Waals surface area contributed by atoms with E-state index in [4.69, 9.17) is 0 Å². The second kappa shape index (κ2) is 7.85. The molecular formula is C19H28N4O2. The fourth-order valence-electron chi connectivity index (χ4n) is 3.64. The summed E-state index contributed by atoms with van der Waals surface area (Å²) in [5.41, 5.74) is 1.11. The summed E-state index contributed by atoms with van der Waals surface area (Å²) in [7, 11) is 0. The van der Waals surface area contributed by atoms with Crippen LogP contribution in [0, 0.1) is 5.92 Å². The van der Waals surface area contributed by atoms with Crippen molar-refractivity contribution in [2.45, 2.75) is 52.0 Å². The highest BCUT2D eigenvalue weighted by atomic mass is 16.2. The summed E-state index contributed by atoms with van der Waals surface area (Å²) < 4.78 is 0. The number of hydrogen-bond acceptors (Lipinski definition) is 4. The summed E-state index contributed by atoms with van der Waals surface area (Å²) >= 11 is 0. The summed E-state index contributed by atoms with van der Waals surface area (Å²) in [5.74, 6) is 0.376. The number of nitrogens with one attached hydrogen (secondary N) is 1. The van der Waals surface area contributed by atoms with Crippen molar-refractivity contribution in [3.8, 4) is 0 Å². The molecule has 2 saturated heterocycles. The number of likely N-dealkylation sites (tertiary alicyclic amines) is 1. The summed E-state index contributed by atoms with van der Waals surface area (Å²) in [5, 5.41) is 2.88. The molecule has 3 heterocycles. The third kappa shape index (κ3) is 4.11. The number of pyridine rings is 1. The van der Waals surface area contributed by atoms with Gasteiger partial charge >= 0.3 is 0 Å². The molecule has 6 nitrogen and oxygen atoms in total. The number of rotatable bonds is 4. The first-order chi connectivity index (χ1) is 12.1. The van der Waals surface area contributed by atoms with Gasteiger partial charge in [0.05, 0.1) is 11.9 Å². The molecule has 2 amide bonds. The number of carbonyl (C=O) groups is 2. The van der Waals surface area contributed by atoms with Gasteiger partial charge < -0.3 is 15.1 Å². The van der Waals surface area contributed by atoms with Gasteiger partial charge in [0.1, 0.15) is 11.9 Å². The molecule has 0 spiro atoms. The van der Waals surface area contributed by atoms with Crippen molar-refractivity contribution in [3.05, 3.63) is 18.3 Å². The molecule has 0 aliphatic carbocycles. The molecule has 1 N–H and O–H groups in total. The van der Waals surface area contributed by atoms with Gasteiger partial charge in [0.2, 0.25) is 11.8 Å². The number of piperidine rings is 1. The van der Waals surface area contributed by atoms with Crippen molar-refractivity contribution in [2.75, 3.05) is 29.9 Å². The van der Waals surface area contributed by atoms with Crippen molar-refractivity contribution in [1.29, 1.82) is 0 Å². The second-order valence-electron chi connectivity index (χ2n) is 7.28. The average Bonchev–Trinajstić information content (AvgIpc) is 3.12. The van der Waals surface area contributed by atoms with Gasteiger partial charge in [-0.3, -0.25) is 9.59 Å². The van der Waals surface area contributed by atoms with E-state index >= 15 is 0 Å². The lowest BCUT2D eigenvalue weighted by Gasteiger charge is -2.28. The smallest absolute Gasteiger partial charge is 0.248 e. The normalized spacial score (nSPS) is 20.8. The van der Waals surface area contributed by atoms with Gasteiger partial charge in [-0.25, -0.2) is 4.98 Å². The maximum Gasteiger partial charge on any atom is 0.248 e. The Labute approximate surface area is 149 Å². The largest absolute Gasteiger partial charge is 0.370 e. The molecule has 1 aromatic heterocycles. The molecule has 3 rings (SSSR count). The van der Waals surface area contributed by atoms with Gasteiger partial charge in [0.25, 0.3) is 0 Å². The van der Waals surface area contributed by atoms with Crippen molar-refractivity contribution in [1.82, 2.24) is 9.88 Å². The van der Waals surface area contributed by atoms with Crippen molar-refractivity contribution in [3.63, 3.8) is 0 Å². The minimum absolute atomic E-state index is 0.0473. The Morgan fingerprint density at radius 2 is 1.88 bits per heavy atom. The van der Waals surface area contributed by atoms with Crippen LogP contribution in [0.4, 0.5) is 11.5 Å². The first-order valence-electron chi connectivity index (χ1n) is 9.38. The van der Waals surface area contributed by atoms with Crippen LogP contribution in [-0.4, -0.2) is 47.4 Å². The molecule has 0 aromatic carbocycles. The fraction of sp³-hybridized carbons (Fsp3) is 0.632. The third-order valence-electron chi connectivity index (χ3n) is 5.05. The van der Waals surface area contributed by atoms with E-state index < -0.39 is 0 Å². The van der Waals surface area contributed by atoms with E-state index in [9.17, 15) is 9.59 Å². The van der Waals surface area contributed by atoms with Crippen LogP contribution in [-0.2, 0) is 9.59 Å². The highest BCUT2D eigenvalue weighted by Gasteiger charge is 2.35. The summed E-state index contributed by atoms with van der Waals surface area (Å²) in [6.07, 6.45) is 7.16. The molecule has 2 aliphatic rings. The van der Waals surface area contributed by atoms with Crippen molar-refractivity contribution >= 4 is 23.3 Å². The zero-order chi connectivity index (χ0) is 17.8. The molecule has 1 unspecified atom stereocenters. The zero-order valence-electron chi connectivity index (χ0n) is 15.2. The van der Waals surface area contributed by atoms with Gasteiger partial charge in [0.15, 0.2) is 0 Å². The van der Waals surface area contributed by atoms with E-state index in [-0.39, 0.29) is 23.8 Å². The highest BCUT2D eigenvalue weighted by Crippen LogP contribution is 2.23. The molecule has 1 aromatic rings. The Balaban J connectivity index is 1.61. The van der Waals surface area contributed by atoms with E-state index in [1.54, 1.807) is 4.90 Å². The van der Waals surface area contributed by atoms with Gasteiger partial charge in [-0.05, 0) is 44.2 Å². The predicted octanol–water partition coefficient (Wildman–Crippen LogP) is 2.66. The Morgan fingerprint density at radius 1 is 1.12 bits per heavy atom. The first-order valence-corrected chi connectivity index (χ1v) is 9.38. The topological polar surface area (TPSA) is 65.5 Å². The third-order valence-corrected chi connectivity index (χ3v) is 5.05. The highest BCUT2D eigenvalue weighted by molar-refractivity contribution is 5.97. The first kappa shape index (κ1) is 17.7. The van der Waals surface area contributed by atoms with E-state index in [1.807, 2.05) is 32.2 Å². The molecule has 2 fully saturated rings. The lowest BCUT2D eigenvalue weighted by atomic mass is 10.1. The van der Waals surface area contributed by atoms with E-state index in [2.05, 4.69) is 15.2 Å². The minimum Gasteiger partial charge on any atom is -0.370 e. The van der Waals surface area contributed by atoms with Gasteiger partial charge in [0, 0.05) is 25.6 Å². The molecule has 6 heteroatoms. The van der Waals surface area contributed by atoms with Crippen LogP contribution in [0.25, 0.3) is 0 Å². The van der Waals surface area contributed by atoms with Crippen LogP contribution in [0.1, 0.15) is 46.0 Å². The number of carbonyl (C=O) groups excluding carboxylic acids is 2. The van der Waals surface area contributed by atoms with E-state index in [1.165, 1.54) is 19.3 Å². The van der Waals surface area contributed by atoms with E-state index in [0.29, 0.717) is 12.4 Å². The number of aromatic nitrogens is 1. The lowest BCUT2D eigenvalue weighted by Crippen LogP contribution is -2.44. The Bertz CT molecular complexity index is 608. The SMILES string of the molecule is CC(C)C(=O)N1CCCC1C(=O)Nc1ccc(N2CCCCC2)cn1. The van der Waals surface area contributed by atoms with Crippen molar-refractivity contribution < 1.29 is 9.59 Å². The van der Waals surface area contributed by atoms with Crippen LogP contribution in [0.5, 0.6) is 0 Å². The summed E-state index contributed by atoms with van der Waals surface area (Å²) in [4.78, 5) is 33.3. The average molecular weight is 344 g/mol. The zero-order valence-corrected chi connectivity index (χ0v) is 15.2. The van der Waals surface area contributed by atoms with Crippen LogP contribution in [0.2, 0.25) is 0 Å². The van der Waals surface area contributed by atoms with Gasteiger partial charge in [-0.15, -0.1) is 0 Å². The number of hydrogen-bond donors (Lipinski definition) is 1. The molecule has 136 valence electrons. The maximum absolute atomic E-state index is 12.6.